The minimum absolute atomic E-state index is 0.0678. The molecule has 0 fully saturated rings. The molecule has 164 valence electrons. The first kappa shape index (κ1) is 24.6. The highest BCUT2D eigenvalue weighted by molar-refractivity contribution is 6.55. The van der Waals surface area contributed by atoms with Gasteiger partial charge < -0.3 is 9.47 Å². The van der Waals surface area contributed by atoms with E-state index in [9.17, 15) is 14.4 Å². The molecule has 8 heteroatoms. The Labute approximate surface area is 191 Å². The van der Waals surface area contributed by atoms with Crippen LogP contribution in [0.15, 0.2) is 53.0 Å². The van der Waals surface area contributed by atoms with Gasteiger partial charge in [0.25, 0.3) is 0 Å². The number of hydrogen-bond acceptors (Lipinski definition) is 5. The third-order valence-corrected chi connectivity index (χ3v) is 4.92. The fourth-order valence-electron chi connectivity index (χ4n) is 3.18. The number of carbonyl (C=O) groups excluding carboxylic acids is 1. The Hall–Kier alpha value is -2.62. The average molecular weight is 465 g/mol. The smallest absolute Gasteiger partial charge is 0.311 e. The molecular weight excluding hydrogens is 442 g/mol. The van der Waals surface area contributed by atoms with Crippen molar-refractivity contribution in [2.24, 2.45) is 17.8 Å². The monoisotopic (exact) mass is 464 g/mol. The quantitative estimate of drug-likeness (QED) is 0.384. The van der Waals surface area contributed by atoms with Crippen molar-refractivity contribution in [1.29, 1.82) is 5.26 Å². The largest absolute Gasteiger partial charge is 0.440 e. The van der Waals surface area contributed by atoms with Crippen molar-refractivity contribution >= 4 is 29.2 Å². The molecule has 0 aliphatic heterocycles. The Bertz CT molecular complexity index is 954. The van der Waals surface area contributed by atoms with Gasteiger partial charge in [-0.15, -0.1) is 0 Å². The van der Waals surface area contributed by atoms with E-state index in [2.05, 4.69) is 4.98 Å². The SMILES string of the molecule is CCC(C=C(Cl)Cl)C(C(=O)OC(C#N)c1cccc(Oc2ccc(F)cc2)n1)C(C)C. The minimum atomic E-state index is -1.22. The number of allylic oxidation sites excluding steroid dienone is 1. The number of benzene rings is 1. The molecular formula is C23H23Cl2FN2O3. The lowest BCUT2D eigenvalue weighted by Crippen LogP contribution is -2.30. The molecule has 0 saturated heterocycles. The molecule has 0 bridgehead atoms. The third-order valence-electron chi connectivity index (χ3n) is 4.66. The van der Waals surface area contributed by atoms with Crippen LogP contribution in [0.25, 0.3) is 0 Å². The predicted molar refractivity (Wildman–Crippen MR) is 117 cm³/mol. The maximum atomic E-state index is 13.1. The number of hydrogen-bond donors (Lipinski definition) is 0. The zero-order chi connectivity index (χ0) is 23.0. The fourth-order valence-corrected chi connectivity index (χ4v) is 3.51. The number of carbonyl (C=O) groups is 1. The second kappa shape index (κ2) is 11.7. The summed E-state index contributed by atoms with van der Waals surface area (Å²) in [4.78, 5) is 17.2. The highest BCUT2D eigenvalue weighted by Gasteiger charge is 2.33. The molecule has 31 heavy (non-hydrogen) atoms. The lowest BCUT2D eigenvalue weighted by Gasteiger charge is -2.26. The zero-order valence-corrected chi connectivity index (χ0v) is 18.9. The molecule has 0 amide bonds. The van der Waals surface area contributed by atoms with Crippen molar-refractivity contribution in [2.75, 3.05) is 0 Å². The molecule has 0 aliphatic rings. The molecule has 3 unspecified atom stereocenters. The van der Waals surface area contributed by atoms with Crippen LogP contribution >= 0.6 is 23.2 Å². The number of aromatic nitrogens is 1. The molecule has 0 N–H and O–H groups in total. The lowest BCUT2D eigenvalue weighted by atomic mass is 9.82. The summed E-state index contributed by atoms with van der Waals surface area (Å²) in [6.45, 7) is 5.70. The van der Waals surface area contributed by atoms with Crippen LogP contribution in [-0.2, 0) is 9.53 Å². The lowest BCUT2D eigenvalue weighted by molar-refractivity contribution is -0.155. The average Bonchev–Trinajstić information content (AvgIpc) is 2.72. The molecule has 3 atom stereocenters. The summed E-state index contributed by atoms with van der Waals surface area (Å²) in [5.74, 6) is -1.20. The summed E-state index contributed by atoms with van der Waals surface area (Å²) in [6.07, 6.45) is 1.02. The van der Waals surface area contributed by atoms with Crippen LogP contribution in [0.5, 0.6) is 11.6 Å². The van der Waals surface area contributed by atoms with E-state index >= 15 is 0 Å². The Morgan fingerprint density at radius 3 is 2.45 bits per heavy atom. The fraction of sp³-hybridized carbons (Fsp3) is 0.348. The summed E-state index contributed by atoms with van der Waals surface area (Å²) in [5, 5.41) is 9.60. The van der Waals surface area contributed by atoms with Crippen molar-refractivity contribution in [3.8, 4) is 17.7 Å². The number of rotatable bonds is 9. The van der Waals surface area contributed by atoms with E-state index in [0.29, 0.717) is 12.2 Å². The number of halogens is 3. The van der Waals surface area contributed by atoms with Gasteiger partial charge in [-0.25, -0.2) is 9.37 Å². The first-order valence-electron chi connectivity index (χ1n) is 9.78. The van der Waals surface area contributed by atoms with Gasteiger partial charge in [0.2, 0.25) is 12.0 Å². The topological polar surface area (TPSA) is 72.2 Å². The van der Waals surface area contributed by atoms with Gasteiger partial charge in [0.1, 0.15) is 22.1 Å². The number of nitriles is 1. The summed E-state index contributed by atoms with van der Waals surface area (Å²) in [5.41, 5.74) is 0.219. The Morgan fingerprint density at radius 1 is 1.23 bits per heavy atom. The van der Waals surface area contributed by atoms with Crippen molar-refractivity contribution in [3.05, 3.63) is 64.5 Å². The second-order valence-corrected chi connectivity index (χ2v) is 8.21. The molecule has 1 heterocycles. The Morgan fingerprint density at radius 2 is 1.90 bits per heavy atom. The van der Waals surface area contributed by atoms with Gasteiger partial charge in [-0.3, -0.25) is 4.79 Å². The molecule has 2 aromatic rings. The minimum Gasteiger partial charge on any atom is -0.440 e. The molecule has 5 nitrogen and oxygen atoms in total. The summed E-state index contributed by atoms with van der Waals surface area (Å²) >= 11 is 11.6. The maximum absolute atomic E-state index is 13.1. The summed E-state index contributed by atoms with van der Waals surface area (Å²) in [7, 11) is 0. The van der Waals surface area contributed by atoms with Crippen molar-refractivity contribution in [1.82, 2.24) is 4.98 Å². The van der Waals surface area contributed by atoms with Crippen LogP contribution < -0.4 is 4.74 Å². The van der Waals surface area contributed by atoms with Crippen LogP contribution in [0.4, 0.5) is 4.39 Å². The van der Waals surface area contributed by atoms with E-state index < -0.39 is 18.0 Å². The Kier molecular flexibility index (Phi) is 9.29. The van der Waals surface area contributed by atoms with Crippen LogP contribution in [0.3, 0.4) is 0 Å². The van der Waals surface area contributed by atoms with Gasteiger partial charge in [0, 0.05) is 6.07 Å². The van der Waals surface area contributed by atoms with E-state index in [0.717, 1.165) is 0 Å². The molecule has 1 aromatic carbocycles. The molecule has 0 saturated carbocycles. The van der Waals surface area contributed by atoms with Crippen molar-refractivity contribution < 1.29 is 18.7 Å². The summed E-state index contributed by atoms with van der Waals surface area (Å²) < 4.78 is 24.2. The predicted octanol–water partition coefficient (Wildman–Crippen LogP) is 6.74. The van der Waals surface area contributed by atoms with Gasteiger partial charge in [0.15, 0.2) is 0 Å². The third kappa shape index (κ3) is 7.23. The van der Waals surface area contributed by atoms with Crippen LogP contribution in [0.2, 0.25) is 0 Å². The normalized spacial score (nSPS) is 13.6. The molecule has 0 aliphatic carbocycles. The van der Waals surface area contributed by atoms with E-state index in [1.165, 1.54) is 24.3 Å². The summed E-state index contributed by atoms with van der Waals surface area (Å²) in [6, 6.07) is 12.2. The number of ether oxygens (including phenoxy) is 2. The van der Waals surface area contributed by atoms with Crippen LogP contribution in [0.1, 0.15) is 39.0 Å². The second-order valence-electron chi connectivity index (χ2n) is 7.20. The zero-order valence-electron chi connectivity index (χ0n) is 17.4. The van der Waals surface area contributed by atoms with Gasteiger partial charge in [-0.05, 0) is 48.6 Å². The van der Waals surface area contributed by atoms with E-state index in [1.54, 1.807) is 24.3 Å². The highest BCUT2D eigenvalue weighted by Crippen LogP contribution is 2.31. The van der Waals surface area contributed by atoms with E-state index in [-0.39, 0.29) is 33.7 Å². The van der Waals surface area contributed by atoms with Crippen molar-refractivity contribution in [2.45, 2.75) is 33.3 Å². The molecule has 2 rings (SSSR count). The number of esters is 1. The number of pyridine rings is 1. The first-order chi connectivity index (χ1) is 14.7. The first-order valence-corrected chi connectivity index (χ1v) is 10.5. The maximum Gasteiger partial charge on any atom is 0.311 e. The van der Waals surface area contributed by atoms with Gasteiger partial charge >= 0.3 is 5.97 Å². The van der Waals surface area contributed by atoms with Crippen molar-refractivity contribution in [3.63, 3.8) is 0 Å². The molecule has 0 radical (unpaired) electrons. The molecule has 1 aromatic heterocycles. The van der Waals surface area contributed by atoms with E-state index in [4.69, 9.17) is 32.7 Å². The van der Waals surface area contributed by atoms with Gasteiger partial charge in [-0.1, -0.05) is 56.1 Å². The van der Waals surface area contributed by atoms with Gasteiger partial charge in [-0.2, -0.15) is 5.26 Å². The van der Waals surface area contributed by atoms with Gasteiger partial charge in [0.05, 0.1) is 11.6 Å². The number of nitrogens with zero attached hydrogens (tertiary/aromatic N) is 2. The molecule has 0 spiro atoms. The standard InChI is InChI=1S/C23H23Cl2FN2O3/c1-4-15(12-20(24)25)22(14(2)3)23(29)31-19(13-27)18-6-5-7-21(28-18)30-17-10-8-16(26)9-11-17/h5-12,14-15,19,22H,4H2,1-3H3. The van der Waals surface area contributed by atoms with Crippen LogP contribution in [-0.4, -0.2) is 11.0 Å². The van der Waals surface area contributed by atoms with Crippen LogP contribution in [0, 0.1) is 34.9 Å². The Balaban J connectivity index is 2.21. The van der Waals surface area contributed by atoms with E-state index in [1.807, 2.05) is 26.8 Å². The highest BCUT2D eigenvalue weighted by atomic mass is 35.5.